The number of esters is 1. The first-order valence-electron chi connectivity index (χ1n) is 8.91. The third-order valence-corrected chi connectivity index (χ3v) is 4.60. The van der Waals surface area contributed by atoms with Gasteiger partial charge in [-0.2, -0.15) is 0 Å². The number of H-pyrrole nitrogens is 1. The molecule has 1 aliphatic rings. The number of amides is 2. The van der Waals surface area contributed by atoms with Crippen LogP contribution in [0.25, 0.3) is 11.0 Å². The summed E-state index contributed by atoms with van der Waals surface area (Å²) >= 11 is 0. The van der Waals surface area contributed by atoms with Gasteiger partial charge in [-0.1, -0.05) is 0 Å². The maximum atomic E-state index is 13.3. The molecule has 0 aliphatic carbocycles. The predicted octanol–water partition coefficient (Wildman–Crippen LogP) is 1.99. The summed E-state index contributed by atoms with van der Waals surface area (Å²) < 4.78 is 5.00. The second-order valence-corrected chi connectivity index (χ2v) is 6.29. The Morgan fingerprint density at radius 2 is 2.22 bits per heavy atom. The van der Waals surface area contributed by atoms with Gasteiger partial charge in [0.2, 0.25) is 0 Å². The van der Waals surface area contributed by atoms with Gasteiger partial charge in [-0.15, -0.1) is 0 Å². The molecule has 1 unspecified atom stereocenters. The zero-order valence-corrected chi connectivity index (χ0v) is 15.1. The summed E-state index contributed by atoms with van der Waals surface area (Å²) in [5, 5.41) is 9.45. The Kier molecular flexibility index (Phi) is 5.58. The van der Waals surface area contributed by atoms with Gasteiger partial charge in [0.1, 0.15) is 18.1 Å². The van der Waals surface area contributed by atoms with Crippen LogP contribution in [0.1, 0.15) is 26.2 Å². The van der Waals surface area contributed by atoms with Crippen LogP contribution in [0.15, 0.2) is 24.5 Å². The maximum Gasteiger partial charge on any atom is 0.407 e. The van der Waals surface area contributed by atoms with Crippen molar-refractivity contribution in [2.45, 2.75) is 32.2 Å². The van der Waals surface area contributed by atoms with E-state index < -0.39 is 24.0 Å². The molecule has 0 aromatic carbocycles. The molecule has 2 N–H and O–H groups in total. The summed E-state index contributed by atoms with van der Waals surface area (Å²) in [5.41, 5.74) is 1.68. The maximum absolute atomic E-state index is 13.3. The van der Waals surface area contributed by atoms with Crippen molar-refractivity contribution >= 4 is 34.7 Å². The standard InChI is InChI=1S/C18H22N4O5/c1-2-27-15(23)11-22(14-10-20-12-6-5-8-19-16(12)14)17(24)13-7-3-4-9-21(13)18(25)26/h5-6,8,10,13,20H,2-4,7,9,11H2,1H3,(H,25,26). The van der Waals surface area contributed by atoms with Gasteiger partial charge in [0.15, 0.2) is 0 Å². The van der Waals surface area contributed by atoms with E-state index in [1.165, 1.54) is 4.90 Å². The number of carboxylic acid groups (broad SMARTS) is 1. The molecule has 27 heavy (non-hydrogen) atoms. The van der Waals surface area contributed by atoms with Crippen molar-refractivity contribution in [1.29, 1.82) is 0 Å². The van der Waals surface area contributed by atoms with E-state index in [1.54, 1.807) is 25.4 Å². The van der Waals surface area contributed by atoms with Crippen LogP contribution in [0.3, 0.4) is 0 Å². The number of carbonyl (C=O) groups excluding carboxylic acids is 2. The molecular formula is C18H22N4O5. The minimum Gasteiger partial charge on any atom is -0.465 e. The third kappa shape index (κ3) is 3.86. The fourth-order valence-electron chi connectivity index (χ4n) is 3.36. The number of anilines is 1. The number of rotatable bonds is 5. The minimum absolute atomic E-state index is 0.192. The second kappa shape index (κ2) is 8.07. The number of aromatic amines is 1. The second-order valence-electron chi connectivity index (χ2n) is 6.29. The highest BCUT2D eigenvalue weighted by atomic mass is 16.5. The van der Waals surface area contributed by atoms with Crippen LogP contribution < -0.4 is 4.90 Å². The molecule has 3 heterocycles. The van der Waals surface area contributed by atoms with Crippen molar-refractivity contribution in [2.24, 2.45) is 0 Å². The van der Waals surface area contributed by atoms with E-state index in [1.807, 2.05) is 6.07 Å². The number of likely N-dealkylation sites (tertiary alicyclic amines) is 1. The van der Waals surface area contributed by atoms with Gasteiger partial charge in [0, 0.05) is 18.9 Å². The molecule has 9 nitrogen and oxygen atoms in total. The molecule has 2 aromatic heterocycles. The molecule has 1 aliphatic heterocycles. The summed E-state index contributed by atoms with van der Waals surface area (Å²) in [6, 6.07) is 2.73. The number of pyridine rings is 1. The number of ether oxygens (including phenoxy) is 1. The van der Waals surface area contributed by atoms with E-state index in [9.17, 15) is 19.5 Å². The highest BCUT2D eigenvalue weighted by Crippen LogP contribution is 2.28. The monoisotopic (exact) mass is 374 g/mol. The molecule has 1 atom stereocenters. The summed E-state index contributed by atoms with van der Waals surface area (Å²) in [6.45, 7) is 1.87. The van der Waals surface area contributed by atoms with Crippen molar-refractivity contribution in [3.63, 3.8) is 0 Å². The normalized spacial score (nSPS) is 16.9. The summed E-state index contributed by atoms with van der Waals surface area (Å²) in [7, 11) is 0. The van der Waals surface area contributed by atoms with Crippen molar-refractivity contribution in [3.05, 3.63) is 24.5 Å². The molecule has 1 saturated heterocycles. The van der Waals surface area contributed by atoms with Crippen LogP contribution in [-0.4, -0.2) is 63.7 Å². The lowest BCUT2D eigenvalue weighted by Crippen LogP contribution is -2.54. The number of aromatic nitrogens is 2. The zero-order chi connectivity index (χ0) is 19.4. The van der Waals surface area contributed by atoms with Crippen LogP contribution >= 0.6 is 0 Å². The number of hydrogen-bond donors (Lipinski definition) is 2. The first-order chi connectivity index (χ1) is 13.0. The van der Waals surface area contributed by atoms with E-state index in [4.69, 9.17) is 4.74 Å². The average Bonchev–Trinajstić information content (AvgIpc) is 3.09. The smallest absolute Gasteiger partial charge is 0.407 e. The lowest BCUT2D eigenvalue weighted by Gasteiger charge is -2.35. The molecule has 0 spiro atoms. The van der Waals surface area contributed by atoms with Crippen molar-refractivity contribution in [1.82, 2.24) is 14.9 Å². The third-order valence-electron chi connectivity index (χ3n) is 4.60. The molecule has 2 aromatic rings. The van der Waals surface area contributed by atoms with Crippen molar-refractivity contribution in [2.75, 3.05) is 24.6 Å². The Bertz CT molecular complexity index is 849. The number of nitrogens with zero attached hydrogens (tertiary/aromatic N) is 3. The number of hydrogen-bond acceptors (Lipinski definition) is 5. The predicted molar refractivity (Wildman–Crippen MR) is 97.4 cm³/mol. The van der Waals surface area contributed by atoms with Gasteiger partial charge < -0.3 is 14.8 Å². The van der Waals surface area contributed by atoms with Crippen molar-refractivity contribution < 1.29 is 24.2 Å². The fraction of sp³-hybridized carbons (Fsp3) is 0.444. The van der Waals surface area contributed by atoms with Gasteiger partial charge in [0.05, 0.1) is 17.8 Å². The van der Waals surface area contributed by atoms with Gasteiger partial charge >= 0.3 is 12.1 Å². The highest BCUT2D eigenvalue weighted by molar-refractivity contribution is 6.07. The first kappa shape index (κ1) is 18.7. The van der Waals surface area contributed by atoms with E-state index in [-0.39, 0.29) is 13.2 Å². The summed E-state index contributed by atoms with van der Waals surface area (Å²) in [6.07, 6.45) is 3.93. The zero-order valence-electron chi connectivity index (χ0n) is 15.1. The van der Waals surface area contributed by atoms with E-state index >= 15 is 0 Å². The topological polar surface area (TPSA) is 116 Å². The van der Waals surface area contributed by atoms with Crippen LogP contribution in [0, 0.1) is 0 Å². The Morgan fingerprint density at radius 1 is 1.41 bits per heavy atom. The Hall–Kier alpha value is -3.10. The number of nitrogens with one attached hydrogen (secondary N) is 1. The molecule has 0 saturated carbocycles. The fourth-order valence-corrected chi connectivity index (χ4v) is 3.36. The first-order valence-corrected chi connectivity index (χ1v) is 8.91. The number of fused-ring (bicyclic) bond motifs is 1. The van der Waals surface area contributed by atoms with E-state index in [0.29, 0.717) is 36.1 Å². The van der Waals surface area contributed by atoms with Gasteiger partial charge in [-0.25, -0.2) is 4.79 Å². The molecule has 144 valence electrons. The van der Waals surface area contributed by atoms with Gasteiger partial charge in [0.25, 0.3) is 5.91 Å². The Labute approximate surface area is 155 Å². The molecular weight excluding hydrogens is 352 g/mol. The largest absolute Gasteiger partial charge is 0.465 e. The van der Waals surface area contributed by atoms with Gasteiger partial charge in [-0.05, 0) is 38.3 Å². The lowest BCUT2D eigenvalue weighted by atomic mass is 10.0. The Morgan fingerprint density at radius 3 is 2.96 bits per heavy atom. The molecule has 9 heteroatoms. The summed E-state index contributed by atoms with van der Waals surface area (Å²) in [4.78, 5) is 46.7. The molecule has 1 fully saturated rings. The molecule has 3 rings (SSSR count). The van der Waals surface area contributed by atoms with Crippen LogP contribution in [-0.2, 0) is 14.3 Å². The molecule has 0 bridgehead atoms. The minimum atomic E-state index is -1.14. The summed E-state index contributed by atoms with van der Waals surface area (Å²) in [5.74, 6) is -1.01. The molecule has 2 amide bonds. The molecule has 0 radical (unpaired) electrons. The highest BCUT2D eigenvalue weighted by Gasteiger charge is 2.37. The Balaban J connectivity index is 1.97. The quantitative estimate of drug-likeness (QED) is 0.773. The van der Waals surface area contributed by atoms with Crippen LogP contribution in [0.4, 0.5) is 10.5 Å². The number of carbonyl (C=O) groups is 3. The van der Waals surface area contributed by atoms with Crippen molar-refractivity contribution in [3.8, 4) is 0 Å². The van der Waals surface area contributed by atoms with Gasteiger partial charge in [-0.3, -0.25) is 24.4 Å². The number of piperidine rings is 1. The van der Waals surface area contributed by atoms with E-state index in [2.05, 4.69) is 9.97 Å². The lowest BCUT2D eigenvalue weighted by molar-refractivity contribution is -0.142. The van der Waals surface area contributed by atoms with Crippen LogP contribution in [0.2, 0.25) is 0 Å². The average molecular weight is 374 g/mol. The van der Waals surface area contributed by atoms with Crippen LogP contribution in [0.5, 0.6) is 0 Å². The van der Waals surface area contributed by atoms with E-state index in [0.717, 1.165) is 11.3 Å². The SMILES string of the molecule is CCOC(=O)CN(C(=O)C1CCCCN1C(=O)O)c1c[nH]c2cccnc12.